The molecular formula is C24H23F4N7S. The van der Waals surface area contributed by atoms with Gasteiger partial charge in [0.15, 0.2) is 0 Å². The average molecular weight is 518 g/mol. The number of piperidine rings is 1. The highest BCUT2D eigenvalue weighted by molar-refractivity contribution is 7.15. The number of benzene rings is 1. The predicted octanol–water partition coefficient (Wildman–Crippen LogP) is 5.43. The van der Waals surface area contributed by atoms with Crippen LogP contribution in [0.1, 0.15) is 35.2 Å². The zero-order valence-electron chi connectivity index (χ0n) is 19.6. The van der Waals surface area contributed by atoms with Crippen LogP contribution in [0.5, 0.6) is 0 Å². The standard InChI is InChI=1S/C24H23F4N7S/c1-13-30-10-19(36-13)20-21(29)31-12-32-23(20)35-7-5-14(6-8-35)22-33-18(11-34(22)2)15-3-4-17(25)16(9-15)24(26,27)28/h3-4,9-12,14H,5-8H2,1-2H3,(H2,29,31,32). The molecule has 3 aromatic heterocycles. The van der Waals surface area contributed by atoms with Crippen LogP contribution in [-0.4, -0.2) is 37.6 Å². The van der Waals surface area contributed by atoms with Crippen molar-refractivity contribution >= 4 is 23.0 Å². The highest BCUT2D eigenvalue weighted by Crippen LogP contribution is 2.39. The zero-order chi connectivity index (χ0) is 25.6. The van der Waals surface area contributed by atoms with Gasteiger partial charge in [-0.25, -0.2) is 24.3 Å². The molecule has 7 nitrogen and oxygen atoms in total. The van der Waals surface area contributed by atoms with Crippen molar-refractivity contribution in [3.05, 3.63) is 59.1 Å². The molecule has 5 rings (SSSR count). The lowest BCUT2D eigenvalue weighted by Gasteiger charge is -2.33. The fourth-order valence-corrected chi connectivity index (χ4v) is 5.42. The second kappa shape index (κ2) is 9.16. The van der Waals surface area contributed by atoms with Gasteiger partial charge in [0, 0.05) is 44.0 Å². The minimum absolute atomic E-state index is 0.107. The molecular weight excluding hydrogens is 494 g/mol. The number of nitrogens with two attached hydrogens (primary N) is 1. The van der Waals surface area contributed by atoms with E-state index in [-0.39, 0.29) is 11.5 Å². The van der Waals surface area contributed by atoms with E-state index in [2.05, 4.69) is 24.8 Å². The number of imidazole rings is 1. The van der Waals surface area contributed by atoms with Crippen LogP contribution < -0.4 is 10.6 Å². The van der Waals surface area contributed by atoms with Gasteiger partial charge in [-0.1, -0.05) is 0 Å². The van der Waals surface area contributed by atoms with Crippen LogP contribution >= 0.6 is 11.3 Å². The van der Waals surface area contributed by atoms with Gasteiger partial charge in [0.25, 0.3) is 0 Å². The molecule has 0 unspecified atom stereocenters. The van der Waals surface area contributed by atoms with Crippen LogP contribution in [-0.2, 0) is 13.2 Å². The van der Waals surface area contributed by atoms with Crippen molar-refractivity contribution in [3.63, 3.8) is 0 Å². The van der Waals surface area contributed by atoms with Crippen molar-refractivity contribution in [1.29, 1.82) is 0 Å². The van der Waals surface area contributed by atoms with Crippen LogP contribution in [0.25, 0.3) is 21.7 Å². The normalized spacial score (nSPS) is 15.0. The summed E-state index contributed by atoms with van der Waals surface area (Å²) in [6.07, 6.45) is 1.69. The monoisotopic (exact) mass is 517 g/mol. The van der Waals surface area contributed by atoms with E-state index in [4.69, 9.17) is 5.73 Å². The maximum atomic E-state index is 13.7. The van der Waals surface area contributed by atoms with Crippen LogP contribution in [0.2, 0.25) is 0 Å². The largest absolute Gasteiger partial charge is 0.419 e. The van der Waals surface area contributed by atoms with Crippen LogP contribution in [0.15, 0.2) is 36.9 Å². The number of aromatic nitrogens is 5. The van der Waals surface area contributed by atoms with Crippen molar-refractivity contribution in [2.45, 2.75) is 31.9 Å². The Balaban J connectivity index is 1.36. The number of hydrogen-bond donors (Lipinski definition) is 1. The molecule has 0 aliphatic carbocycles. The van der Waals surface area contributed by atoms with Gasteiger partial charge in [0.05, 0.1) is 26.7 Å². The van der Waals surface area contributed by atoms with Gasteiger partial charge in [-0.2, -0.15) is 13.2 Å². The maximum Gasteiger partial charge on any atom is 0.419 e. The van der Waals surface area contributed by atoms with E-state index in [1.165, 1.54) is 23.7 Å². The number of halogens is 4. The first-order valence-corrected chi connectivity index (χ1v) is 12.1. The number of anilines is 2. The van der Waals surface area contributed by atoms with Crippen molar-refractivity contribution < 1.29 is 17.6 Å². The van der Waals surface area contributed by atoms with Gasteiger partial charge in [-0.05, 0) is 38.0 Å². The van der Waals surface area contributed by atoms with Gasteiger partial charge in [-0.15, -0.1) is 11.3 Å². The Morgan fingerprint density at radius 3 is 2.53 bits per heavy atom. The molecule has 1 fully saturated rings. The number of aryl methyl sites for hydroxylation is 2. The Kier molecular flexibility index (Phi) is 6.15. The fourth-order valence-electron chi connectivity index (χ4n) is 4.59. The number of thiazole rings is 1. The third kappa shape index (κ3) is 4.52. The molecule has 4 heterocycles. The summed E-state index contributed by atoms with van der Waals surface area (Å²) in [5.74, 6) is 0.750. The molecule has 0 radical (unpaired) electrons. The fraction of sp³-hybridized carbons (Fsp3) is 0.333. The summed E-state index contributed by atoms with van der Waals surface area (Å²) < 4.78 is 55.1. The molecule has 0 spiro atoms. The van der Waals surface area contributed by atoms with Crippen LogP contribution in [0.3, 0.4) is 0 Å². The molecule has 188 valence electrons. The first-order valence-electron chi connectivity index (χ1n) is 11.3. The van der Waals surface area contributed by atoms with Gasteiger partial charge < -0.3 is 15.2 Å². The molecule has 1 saturated heterocycles. The Morgan fingerprint density at radius 2 is 1.86 bits per heavy atom. The summed E-state index contributed by atoms with van der Waals surface area (Å²) in [6, 6.07) is 2.97. The van der Waals surface area contributed by atoms with E-state index in [0.717, 1.165) is 52.1 Å². The molecule has 12 heteroatoms. The van der Waals surface area contributed by atoms with Crippen molar-refractivity contribution in [2.75, 3.05) is 23.7 Å². The number of alkyl halides is 3. The molecule has 0 bridgehead atoms. The summed E-state index contributed by atoms with van der Waals surface area (Å²) in [5, 5.41) is 0.923. The molecule has 1 aliphatic heterocycles. The third-order valence-corrected chi connectivity index (χ3v) is 7.29. The number of rotatable bonds is 4. The van der Waals surface area contributed by atoms with Gasteiger partial charge in [0.2, 0.25) is 0 Å². The highest BCUT2D eigenvalue weighted by Gasteiger charge is 2.34. The summed E-state index contributed by atoms with van der Waals surface area (Å²) >= 11 is 1.53. The first-order chi connectivity index (χ1) is 17.1. The summed E-state index contributed by atoms with van der Waals surface area (Å²) in [5.41, 5.74) is 6.29. The Labute approximate surface area is 208 Å². The smallest absolute Gasteiger partial charge is 0.383 e. The second-order valence-corrected chi connectivity index (χ2v) is 9.98. The van der Waals surface area contributed by atoms with E-state index < -0.39 is 17.6 Å². The van der Waals surface area contributed by atoms with E-state index in [1.807, 2.05) is 18.5 Å². The number of nitrogen functional groups attached to an aromatic ring is 1. The van der Waals surface area contributed by atoms with Crippen molar-refractivity contribution in [1.82, 2.24) is 24.5 Å². The summed E-state index contributed by atoms with van der Waals surface area (Å²) in [4.78, 5) is 20.7. The zero-order valence-corrected chi connectivity index (χ0v) is 20.4. The summed E-state index contributed by atoms with van der Waals surface area (Å²) in [7, 11) is 1.82. The van der Waals surface area contributed by atoms with E-state index in [0.29, 0.717) is 24.6 Å². The van der Waals surface area contributed by atoms with Crippen molar-refractivity contribution in [2.24, 2.45) is 7.05 Å². The molecule has 0 amide bonds. The van der Waals surface area contributed by atoms with Gasteiger partial charge in [-0.3, -0.25) is 0 Å². The maximum absolute atomic E-state index is 13.7. The lowest BCUT2D eigenvalue weighted by molar-refractivity contribution is -0.139. The Hall–Kier alpha value is -3.54. The SMILES string of the molecule is Cc1ncc(-c2c(N)ncnc2N2CCC(c3nc(-c4ccc(F)c(C(F)(F)F)c4)cn3C)CC2)s1. The lowest BCUT2D eigenvalue weighted by Crippen LogP contribution is -2.34. The van der Waals surface area contributed by atoms with E-state index in [1.54, 1.807) is 12.4 Å². The topological polar surface area (TPSA) is 85.8 Å². The van der Waals surface area contributed by atoms with E-state index in [9.17, 15) is 17.6 Å². The molecule has 0 saturated carbocycles. The Morgan fingerprint density at radius 1 is 1.11 bits per heavy atom. The highest BCUT2D eigenvalue weighted by atomic mass is 32.1. The van der Waals surface area contributed by atoms with Crippen LogP contribution in [0, 0.1) is 12.7 Å². The minimum Gasteiger partial charge on any atom is -0.383 e. The third-order valence-electron chi connectivity index (χ3n) is 6.36. The molecule has 1 aliphatic rings. The molecule has 0 atom stereocenters. The average Bonchev–Trinajstić information content (AvgIpc) is 3.44. The molecule has 2 N–H and O–H groups in total. The van der Waals surface area contributed by atoms with E-state index >= 15 is 0 Å². The Bertz CT molecular complexity index is 1400. The van der Waals surface area contributed by atoms with Gasteiger partial charge in [0.1, 0.15) is 29.6 Å². The molecule has 1 aromatic carbocycles. The predicted molar refractivity (Wildman–Crippen MR) is 130 cm³/mol. The number of nitrogens with zero attached hydrogens (tertiary/aromatic N) is 6. The van der Waals surface area contributed by atoms with Crippen molar-refractivity contribution in [3.8, 4) is 21.7 Å². The minimum atomic E-state index is -4.77. The lowest BCUT2D eigenvalue weighted by atomic mass is 9.95. The summed E-state index contributed by atoms with van der Waals surface area (Å²) in [6.45, 7) is 3.32. The second-order valence-electron chi connectivity index (χ2n) is 8.75. The molecule has 4 aromatic rings. The molecule has 36 heavy (non-hydrogen) atoms. The van der Waals surface area contributed by atoms with Gasteiger partial charge >= 0.3 is 6.18 Å². The first kappa shape index (κ1) is 24.2. The van der Waals surface area contributed by atoms with Crippen LogP contribution in [0.4, 0.5) is 29.2 Å². The number of hydrogen-bond acceptors (Lipinski definition) is 7. The quantitative estimate of drug-likeness (QED) is 0.363.